The lowest BCUT2D eigenvalue weighted by Crippen LogP contribution is -2.09. The topological polar surface area (TPSA) is 71.9 Å². The van der Waals surface area contributed by atoms with Crippen LogP contribution in [0.4, 0.5) is 4.39 Å². The van der Waals surface area contributed by atoms with Crippen LogP contribution in [0.25, 0.3) is 0 Å². The van der Waals surface area contributed by atoms with E-state index in [9.17, 15) is 4.39 Å². The number of nitrogens with two attached hydrogens (primary N) is 1. The summed E-state index contributed by atoms with van der Waals surface area (Å²) in [6.07, 6.45) is 1.54. The summed E-state index contributed by atoms with van der Waals surface area (Å²) in [5.74, 6) is -0.0103. The van der Waals surface area contributed by atoms with Crippen molar-refractivity contribution in [2.45, 2.75) is 19.6 Å². The third-order valence-corrected chi connectivity index (χ3v) is 2.85. The van der Waals surface area contributed by atoms with Crippen LogP contribution in [0.3, 0.4) is 0 Å². The van der Waals surface area contributed by atoms with Crippen LogP contribution in [0.1, 0.15) is 29.8 Å². The number of ether oxygens (including phenoxy) is 1. The molecule has 0 spiro atoms. The zero-order valence-electron chi connectivity index (χ0n) is 11.0. The van der Waals surface area contributed by atoms with Crippen LogP contribution >= 0.6 is 0 Å². The molecule has 2 N–H and O–H groups in total. The molecule has 1 heterocycles. The Hall–Kier alpha value is -2.45. The van der Waals surface area contributed by atoms with Crippen molar-refractivity contribution in [3.8, 4) is 11.8 Å². The second-order valence-electron chi connectivity index (χ2n) is 4.38. The van der Waals surface area contributed by atoms with E-state index in [-0.39, 0.29) is 12.6 Å². The van der Waals surface area contributed by atoms with Gasteiger partial charge in [0.15, 0.2) is 0 Å². The fraction of sp³-hybridized carbons (Fsp3) is 0.200. The largest absolute Gasteiger partial charge is 0.488 e. The van der Waals surface area contributed by atoms with Gasteiger partial charge < -0.3 is 10.5 Å². The molecule has 20 heavy (non-hydrogen) atoms. The third kappa shape index (κ3) is 3.11. The molecule has 0 saturated carbocycles. The fourth-order valence-electron chi connectivity index (χ4n) is 1.82. The number of hydrogen-bond donors (Lipinski definition) is 1. The average Bonchev–Trinajstić information content (AvgIpc) is 2.45. The average molecular weight is 271 g/mol. The first kappa shape index (κ1) is 14.0. The lowest BCUT2D eigenvalue weighted by Gasteiger charge is -2.14. The lowest BCUT2D eigenvalue weighted by molar-refractivity contribution is 0.299. The molecule has 0 aliphatic heterocycles. The van der Waals surface area contributed by atoms with E-state index in [1.165, 1.54) is 18.3 Å². The highest BCUT2D eigenvalue weighted by molar-refractivity contribution is 5.37. The van der Waals surface area contributed by atoms with Crippen LogP contribution in [0.15, 0.2) is 36.5 Å². The monoisotopic (exact) mass is 271 g/mol. The first-order chi connectivity index (χ1) is 9.61. The van der Waals surface area contributed by atoms with Crippen LogP contribution in [0.2, 0.25) is 0 Å². The second kappa shape index (κ2) is 6.13. The maximum atomic E-state index is 13.3. The van der Waals surface area contributed by atoms with Gasteiger partial charge in [0.1, 0.15) is 29.9 Å². The molecule has 1 atom stereocenters. The zero-order valence-corrected chi connectivity index (χ0v) is 11.0. The highest BCUT2D eigenvalue weighted by Crippen LogP contribution is 2.25. The van der Waals surface area contributed by atoms with Gasteiger partial charge in [0.25, 0.3) is 0 Å². The second-order valence-corrected chi connectivity index (χ2v) is 4.38. The molecule has 5 heteroatoms. The molecule has 0 radical (unpaired) electrons. The molecule has 0 fully saturated rings. The van der Waals surface area contributed by atoms with Gasteiger partial charge in [-0.1, -0.05) is 12.1 Å². The van der Waals surface area contributed by atoms with Crippen molar-refractivity contribution in [1.82, 2.24) is 4.98 Å². The van der Waals surface area contributed by atoms with E-state index in [1.54, 1.807) is 25.1 Å². The molecule has 2 rings (SSSR count). The van der Waals surface area contributed by atoms with Crippen molar-refractivity contribution in [3.05, 3.63) is 59.2 Å². The van der Waals surface area contributed by atoms with Gasteiger partial charge >= 0.3 is 0 Å². The maximum absolute atomic E-state index is 13.3. The summed E-state index contributed by atoms with van der Waals surface area (Å²) >= 11 is 0. The Bertz CT molecular complexity index is 650. The van der Waals surface area contributed by atoms with Crippen molar-refractivity contribution in [3.63, 3.8) is 0 Å². The number of aromatic nitrogens is 1. The van der Waals surface area contributed by atoms with E-state index in [0.29, 0.717) is 22.6 Å². The van der Waals surface area contributed by atoms with Gasteiger partial charge in [-0.15, -0.1) is 0 Å². The van der Waals surface area contributed by atoms with Crippen LogP contribution in [0, 0.1) is 17.1 Å². The Morgan fingerprint density at radius 2 is 2.25 bits per heavy atom. The van der Waals surface area contributed by atoms with Crippen molar-refractivity contribution in [2.24, 2.45) is 5.73 Å². The Balaban J connectivity index is 2.23. The van der Waals surface area contributed by atoms with Gasteiger partial charge in [-0.2, -0.15) is 5.26 Å². The van der Waals surface area contributed by atoms with Crippen molar-refractivity contribution < 1.29 is 9.13 Å². The number of nitriles is 1. The molecule has 0 bridgehead atoms. The number of rotatable bonds is 4. The number of benzene rings is 1. The maximum Gasteiger partial charge on any atom is 0.147 e. The zero-order chi connectivity index (χ0) is 14.5. The Labute approximate surface area is 116 Å². The van der Waals surface area contributed by atoms with E-state index < -0.39 is 5.82 Å². The fourth-order valence-corrected chi connectivity index (χ4v) is 1.82. The van der Waals surface area contributed by atoms with E-state index >= 15 is 0 Å². The van der Waals surface area contributed by atoms with Crippen LogP contribution in [0.5, 0.6) is 5.75 Å². The van der Waals surface area contributed by atoms with Crippen LogP contribution in [-0.2, 0) is 6.61 Å². The minimum Gasteiger partial charge on any atom is -0.488 e. The highest BCUT2D eigenvalue weighted by atomic mass is 19.1. The summed E-state index contributed by atoms with van der Waals surface area (Å²) in [7, 11) is 0. The summed E-state index contributed by atoms with van der Waals surface area (Å²) in [6, 6.07) is 9.43. The Morgan fingerprint density at radius 1 is 1.45 bits per heavy atom. The number of nitrogens with zero attached hydrogens (tertiary/aromatic N) is 2. The molecule has 0 saturated heterocycles. The van der Waals surface area contributed by atoms with E-state index in [2.05, 4.69) is 4.98 Å². The number of halogens is 1. The van der Waals surface area contributed by atoms with Gasteiger partial charge in [-0.25, -0.2) is 9.37 Å². The molecule has 0 aliphatic rings. The van der Waals surface area contributed by atoms with E-state index in [1.807, 2.05) is 6.07 Å². The summed E-state index contributed by atoms with van der Waals surface area (Å²) in [4.78, 5) is 3.94. The van der Waals surface area contributed by atoms with Gasteiger partial charge in [-0.05, 0) is 19.1 Å². The molecule has 4 nitrogen and oxygen atoms in total. The molecule has 1 unspecified atom stereocenters. The molecule has 0 amide bonds. The first-order valence-electron chi connectivity index (χ1n) is 6.13. The SMILES string of the molecule is CC(N)c1ccc(F)cc1OCc1cccnc1C#N. The van der Waals surface area contributed by atoms with Crippen LogP contribution in [-0.4, -0.2) is 4.98 Å². The normalized spacial score (nSPS) is 11.7. The van der Waals surface area contributed by atoms with Gasteiger partial charge in [0, 0.05) is 29.4 Å². The van der Waals surface area contributed by atoms with Crippen molar-refractivity contribution in [2.75, 3.05) is 0 Å². The molecule has 2 aromatic rings. The lowest BCUT2D eigenvalue weighted by atomic mass is 10.1. The number of pyridine rings is 1. The first-order valence-corrected chi connectivity index (χ1v) is 6.13. The molecule has 0 aliphatic carbocycles. The Morgan fingerprint density at radius 3 is 2.95 bits per heavy atom. The standard InChI is InChI=1S/C15H14FN3O/c1-10(18)13-5-4-12(16)7-15(13)20-9-11-3-2-6-19-14(11)8-17/h2-7,10H,9,18H2,1H3. The predicted octanol–water partition coefficient (Wildman–Crippen LogP) is 2.69. The minimum absolute atomic E-state index is 0.139. The van der Waals surface area contributed by atoms with Gasteiger partial charge in [-0.3, -0.25) is 0 Å². The van der Waals surface area contributed by atoms with Gasteiger partial charge in [0.2, 0.25) is 0 Å². The highest BCUT2D eigenvalue weighted by Gasteiger charge is 2.11. The van der Waals surface area contributed by atoms with Gasteiger partial charge in [0.05, 0.1) is 0 Å². The number of hydrogen-bond acceptors (Lipinski definition) is 4. The Kier molecular flexibility index (Phi) is 4.28. The molecular weight excluding hydrogens is 257 g/mol. The summed E-state index contributed by atoms with van der Waals surface area (Å²) in [6.45, 7) is 1.94. The third-order valence-electron chi connectivity index (χ3n) is 2.85. The molecule has 102 valence electrons. The van der Waals surface area contributed by atoms with E-state index in [4.69, 9.17) is 15.7 Å². The summed E-state index contributed by atoms with van der Waals surface area (Å²) in [5.41, 5.74) is 7.48. The van der Waals surface area contributed by atoms with Crippen LogP contribution < -0.4 is 10.5 Å². The summed E-state index contributed by atoms with van der Waals surface area (Å²) < 4.78 is 18.9. The molecule has 1 aromatic carbocycles. The smallest absolute Gasteiger partial charge is 0.147 e. The quantitative estimate of drug-likeness (QED) is 0.928. The summed E-state index contributed by atoms with van der Waals surface area (Å²) in [5, 5.41) is 8.95. The van der Waals surface area contributed by atoms with Crippen molar-refractivity contribution in [1.29, 1.82) is 5.26 Å². The molecular formula is C15H14FN3O. The molecule has 1 aromatic heterocycles. The minimum atomic E-state index is -0.393. The van der Waals surface area contributed by atoms with Crippen molar-refractivity contribution >= 4 is 0 Å². The predicted molar refractivity (Wildman–Crippen MR) is 72.3 cm³/mol. The van der Waals surface area contributed by atoms with E-state index in [0.717, 1.165) is 0 Å².